The van der Waals surface area contributed by atoms with Gasteiger partial charge in [0.25, 0.3) is 0 Å². The average Bonchev–Trinajstić information content (AvgIpc) is 2.82. The Morgan fingerprint density at radius 2 is 1.97 bits per heavy atom. The zero-order chi connectivity index (χ0) is 24.7. The SMILES string of the molecule is CCOC(=O)[C@@H]1CN(Cc2cccc(NC(=O)Nc3ccc(C)nc3)c2F)CCN1C(=O)OC. The molecule has 1 fully saturated rings. The molecule has 34 heavy (non-hydrogen) atoms. The molecular weight excluding hydrogens is 445 g/mol. The molecule has 0 unspecified atom stereocenters. The van der Waals surface area contributed by atoms with Crippen molar-refractivity contribution in [3.05, 3.63) is 53.6 Å². The number of aromatic nitrogens is 1. The minimum Gasteiger partial charge on any atom is -0.464 e. The molecule has 1 aromatic carbocycles. The van der Waals surface area contributed by atoms with Gasteiger partial charge in [0.05, 0.1) is 31.3 Å². The molecule has 10 nitrogen and oxygen atoms in total. The van der Waals surface area contributed by atoms with Crippen LogP contribution in [0.4, 0.5) is 25.4 Å². The number of methoxy groups -OCH3 is 1. The predicted molar refractivity (Wildman–Crippen MR) is 123 cm³/mol. The standard InChI is InChI=1S/C23H28FN5O5/c1-4-34-21(30)19-14-28(10-11-29(19)23(32)33-3)13-16-6-5-7-18(20(16)24)27-22(31)26-17-9-8-15(2)25-12-17/h5-9,12,19H,4,10-11,13-14H2,1-3H3,(H2,26,27,31)/t19-/m0/s1. The summed E-state index contributed by atoms with van der Waals surface area (Å²) >= 11 is 0. The van der Waals surface area contributed by atoms with Crippen molar-refractivity contribution in [1.82, 2.24) is 14.8 Å². The van der Waals surface area contributed by atoms with Crippen molar-refractivity contribution < 1.29 is 28.2 Å². The van der Waals surface area contributed by atoms with Crippen molar-refractivity contribution >= 4 is 29.5 Å². The van der Waals surface area contributed by atoms with Crippen molar-refractivity contribution in [3.8, 4) is 0 Å². The number of anilines is 2. The number of pyridine rings is 1. The van der Waals surface area contributed by atoms with E-state index in [0.29, 0.717) is 17.8 Å². The van der Waals surface area contributed by atoms with Crippen LogP contribution in [0.1, 0.15) is 18.2 Å². The number of ether oxygens (including phenoxy) is 2. The molecule has 11 heteroatoms. The smallest absolute Gasteiger partial charge is 0.410 e. The van der Waals surface area contributed by atoms with E-state index < -0.39 is 30.0 Å². The van der Waals surface area contributed by atoms with Crippen molar-refractivity contribution in [2.45, 2.75) is 26.4 Å². The summed E-state index contributed by atoms with van der Waals surface area (Å²) in [7, 11) is 1.25. The summed E-state index contributed by atoms with van der Waals surface area (Å²) < 4.78 is 25.0. The highest BCUT2D eigenvalue weighted by Crippen LogP contribution is 2.22. The zero-order valence-corrected chi connectivity index (χ0v) is 19.3. The maximum Gasteiger partial charge on any atom is 0.410 e. The van der Waals surface area contributed by atoms with E-state index in [0.717, 1.165) is 5.69 Å². The van der Waals surface area contributed by atoms with Crippen LogP contribution in [-0.2, 0) is 20.8 Å². The number of rotatable bonds is 6. The summed E-state index contributed by atoms with van der Waals surface area (Å²) in [6, 6.07) is 6.68. The largest absolute Gasteiger partial charge is 0.464 e. The molecule has 3 amide bonds. The number of urea groups is 1. The van der Waals surface area contributed by atoms with Gasteiger partial charge in [-0.3, -0.25) is 14.8 Å². The van der Waals surface area contributed by atoms with Gasteiger partial charge < -0.3 is 20.1 Å². The molecular formula is C23H28FN5O5. The fourth-order valence-electron chi connectivity index (χ4n) is 3.62. The van der Waals surface area contributed by atoms with E-state index in [9.17, 15) is 14.4 Å². The van der Waals surface area contributed by atoms with Crippen LogP contribution in [-0.4, -0.2) is 72.3 Å². The van der Waals surface area contributed by atoms with Gasteiger partial charge in [-0.1, -0.05) is 12.1 Å². The van der Waals surface area contributed by atoms with E-state index in [-0.39, 0.29) is 31.9 Å². The number of hydrogen-bond acceptors (Lipinski definition) is 7. The maximum atomic E-state index is 15.2. The number of halogens is 1. The van der Waals surface area contributed by atoms with Crippen LogP contribution < -0.4 is 10.6 Å². The predicted octanol–water partition coefficient (Wildman–Crippen LogP) is 2.99. The first-order valence-electron chi connectivity index (χ1n) is 10.8. The maximum absolute atomic E-state index is 15.2. The number of nitrogens with one attached hydrogen (secondary N) is 2. The van der Waals surface area contributed by atoms with E-state index in [1.165, 1.54) is 24.3 Å². The second-order valence-electron chi connectivity index (χ2n) is 7.71. The highest BCUT2D eigenvalue weighted by atomic mass is 19.1. The van der Waals surface area contributed by atoms with Crippen molar-refractivity contribution in [3.63, 3.8) is 0 Å². The Morgan fingerprint density at radius 1 is 1.18 bits per heavy atom. The molecule has 0 radical (unpaired) electrons. The molecule has 0 aliphatic carbocycles. The minimum atomic E-state index is -0.862. The number of hydrogen-bond donors (Lipinski definition) is 2. The van der Waals surface area contributed by atoms with Gasteiger partial charge in [0.2, 0.25) is 0 Å². The number of piperazine rings is 1. The number of carbonyl (C=O) groups is 3. The molecule has 1 saturated heterocycles. The molecule has 3 rings (SSSR count). The van der Waals surface area contributed by atoms with E-state index in [1.807, 2.05) is 11.8 Å². The van der Waals surface area contributed by atoms with E-state index >= 15 is 4.39 Å². The first kappa shape index (κ1) is 24.9. The van der Waals surface area contributed by atoms with Gasteiger partial charge in [-0.05, 0) is 32.0 Å². The van der Waals surface area contributed by atoms with Crippen LogP contribution in [0.3, 0.4) is 0 Å². The zero-order valence-electron chi connectivity index (χ0n) is 19.3. The number of esters is 1. The van der Waals surface area contributed by atoms with Crippen LogP contribution in [0.15, 0.2) is 36.5 Å². The summed E-state index contributed by atoms with van der Waals surface area (Å²) in [5, 5.41) is 5.12. The monoisotopic (exact) mass is 473 g/mol. The van der Waals surface area contributed by atoms with Crippen molar-refractivity contribution in [1.29, 1.82) is 0 Å². The normalized spacial score (nSPS) is 16.0. The lowest BCUT2D eigenvalue weighted by Gasteiger charge is -2.39. The fourth-order valence-corrected chi connectivity index (χ4v) is 3.62. The summed E-state index contributed by atoms with van der Waals surface area (Å²) in [6.07, 6.45) is 0.889. The number of benzene rings is 1. The van der Waals surface area contributed by atoms with Crippen LogP contribution in [0.25, 0.3) is 0 Å². The molecule has 1 aromatic heterocycles. The summed E-state index contributed by atoms with van der Waals surface area (Å²) in [4.78, 5) is 44.0. The molecule has 0 spiro atoms. The molecule has 0 bridgehead atoms. The molecule has 2 aromatic rings. The second-order valence-corrected chi connectivity index (χ2v) is 7.71. The van der Waals surface area contributed by atoms with Gasteiger partial charge in [0, 0.05) is 37.4 Å². The Kier molecular flexibility index (Phi) is 8.36. The van der Waals surface area contributed by atoms with Crippen LogP contribution in [0.5, 0.6) is 0 Å². The van der Waals surface area contributed by atoms with E-state index in [4.69, 9.17) is 9.47 Å². The van der Waals surface area contributed by atoms with Gasteiger partial charge in [-0.25, -0.2) is 18.8 Å². The van der Waals surface area contributed by atoms with Gasteiger partial charge in [-0.2, -0.15) is 0 Å². The number of nitrogens with zero attached hydrogens (tertiary/aromatic N) is 3. The first-order valence-corrected chi connectivity index (χ1v) is 10.8. The van der Waals surface area contributed by atoms with Gasteiger partial charge in [0.1, 0.15) is 6.04 Å². The van der Waals surface area contributed by atoms with Gasteiger partial charge in [-0.15, -0.1) is 0 Å². The second kappa shape index (κ2) is 11.4. The molecule has 2 N–H and O–H groups in total. The molecule has 1 atom stereocenters. The Bertz CT molecular complexity index is 1030. The third-order valence-electron chi connectivity index (χ3n) is 5.32. The Morgan fingerprint density at radius 3 is 2.65 bits per heavy atom. The van der Waals surface area contributed by atoms with Crippen LogP contribution in [0.2, 0.25) is 0 Å². The average molecular weight is 474 g/mol. The lowest BCUT2D eigenvalue weighted by Crippen LogP contribution is -2.58. The van der Waals surface area contributed by atoms with Crippen LogP contribution in [0, 0.1) is 12.7 Å². The summed E-state index contributed by atoms with van der Waals surface area (Å²) in [6.45, 7) is 4.65. The molecule has 1 aliphatic rings. The molecule has 0 saturated carbocycles. The number of carbonyl (C=O) groups excluding carboxylic acids is 3. The third kappa shape index (κ3) is 6.19. The Labute approximate surface area is 197 Å². The quantitative estimate of drug-likeness (QED) is 0.620. The molecule has 2 heterocycles. The lowest BCUT2D eigenvalue weighted by molar-refractivity contribution is -0.151. The van der Waals surface area contributed by atoms with Gasteiger partial charge in [0.15, 0.2) is 5.82 Å². The summed E-state index contributed by atoms with van der Waals surface area (Å²) in [5.41, 5.74) is 1.64. The lowest BCUT2D eigenvalue weighted by atomic mass is 10.1. The number of aryl methyl sites for hydroxylation is 1. The first-order chi connectivity index (χ1) is 16.3. The van der Waals surface area contributed by atoms with E-state index in [2.05, 4.69) is 15.6 Å². The van der Waals surface area contributed by atoms with Gasteiger partial charge >= 0.3 is 18.1 Å². The third-order valence-corrected chi connectivity index (χ3v) is 5.32. The molecule has 1 aliphatic heterocycles. The number of amides is 3. The molecule has 182 valence electrons. The highest BCUT2D eigenvalue weighted by Gasteiger charge is 2.37. The Hall–Kier alpha value is -3.73. The van der Waals surface area contributed by atoms with Crippen molar-refractivity contribution in [2.75, 3.05) is 44.0 Å². The fraction of sp³-hybridized carbons (Fsp3) is 0.391. The minimum absolute atomic E-state index is 0.0187. The van der Waals surface area contributed by atoms with Crippen LogP contribution >= 0.6 is 0 Å². The highest BCUT2D eigenvalue weighted by molar-refractivity contribution is 5.99. The topological polar surface area (TPSA) is 113 Å². The van der Waals surface area contributed by atoms with Crippen molar-refractivity contribution in [2.24, 2.45) is 0 Å². The summed E-state index contributed by atoms with van der Waals surface area (Å²) in [5.74, 6) is -1.13. The van der Waals surface area contributed by atoms with E-state index in [1.54, 1.807) is 31.2 Å². The Balaban J connectivity index is 1.68.